The Labute approximate surface area is 118 Å². The standard InChI is InChI=1S/C15H14N3.ClH/c1-3-7-14(8-4-1)11-18-13-17(12-16-18)15-9-5-2-6-10-15;/h1-10,12-13H,11H2;1H/q+1;/p-1. The van der Waals surface area contributed by atoms with E-state index in [1.165, 1.54) is 5.56 Å². The lowest BCUT2D eigenvalue weighted by Gasteiger charge is -1.95. The van der Waals surface area contributed by atoms with Gasteiger partial charge in [-0.3, -0.25) is 0 Å². The van der Waals surface area contributed by atoms with Crippen molar-refractivity contribution >= 4 is 0 Å². The maximum Gasteiger partial charge on any atom is 0.270 e. The molecule has 0 saturated heterocycles. The zero-order valence-corrected chi connectivity index (χ0v) is 11.1. The normalized spacial score (nSPS) is 9.89. The van der Waals surface area contributed by atoms with Crippen LogP contribution in [0.2, 0.25) is 0 Å². The third kappa shape index (κ3) is 3.20. The van der Waals surface area contributed by atoms with E-state index in [0.717, 1.165) is 12.2 Å². The molecule has 0 aliphatic heterocycles. The second kappa shape index (κ2) is 6.16. The van der Waals surface area contributed by atoms with Gasteiger partial charge in [-0.05, 0) is 17.7 Å². The molecule has 0 fully saturated rings. The molecular formula is C15H14ClN3. The summed E-state index contributed by atoms with van der Waals surface area (Å²) < 4.78 is 3.95. The first-order valence-electron chi connectivity index (χ1n) is 5.95. The van der Waals surface area contributed by atoms with Crippen molar-refractivity contribution in [1.82, 2.24) is 9.78 Å². The van der Waals surface area contributed by atoms with Crippen molar-refractivity contribution in [2.45, 2.75) is 6.54 Å². The molecule has 0 bridgehead atoms. The number of halogens is 1. The van der Waals surface area contributed by atoms with E-state index >= 15 is 0 Å². The van der Waals surface area contributed by atoms with Gasteiger partial charge in [0.05, 0.1) is 0 Å². The predicted molar refractivity (Wildman–Crippen MR) is 69.3 cm³/mol. The molecule has 0 spiro atoms. The molecule has 3 rings (SSSR count). The Kier molecular flexibility index (Phi) is 4.31. The summed E-state index contributed by atoms with van der Waals surface area (Å²) in [5, 5.41) is 4.37. The summed E-state index contributed by atoms with van der Waals surface area (Å²) in [4.78, 5) is 0. The minimum atomic E-state index is 0. The van der Waals surface area contributed by atoms with Crippen LogP contribution in [0.4, 0.5) is 0 Å². The van der Waals surface area contributed by atoms with Crippen molar-refractivity contribution < 1.29 is 17.0 Å². The molecule has 1 aromatic heterocycles. The Morgan fingerprint density at radius 3 is 2.21 bits per heavy atom. The van der Waals surface area contributed by atoms with Gasteiger partial charge in [-0.2, -0.15) is 0 Å². The topological polar surface area (TPSA) is 21.7 Å². The second-order valence-corrected chi connectivity index (χ2v) is 4.17. The van der Waals surface area contributed by atoms with Gasteiger partial charge in [-0.25, -0.2) is 4.57 Å². The van der Waals surface area contributed by atoms with Crippen LogP contribution in [0, 0.1) is 0 Å². The molecule has 0 radical (unpaired) electrons. The van der Waals surface area contributed by atoms with Crippen molar-refractivity contribution in [3.8, 4) is 5.69 Å². The van der Waals surface area contributed by atoms with E-state index in [4.69, 9.17) is 0 Å². The van der Waals surface area contributed by atoms with Gasteiger partial charge >= 0.3 is 0 Å². The van der Waals surface area contributed by atoms with E-state index in [1.54, 1.807) is 0 Å². The molecule has 0 atom stereocenters. The first-order chi connectivity index (χ1) is 8.92. The number of aromatic nitrogens is 3. The van der Waals surface area contributed by atoms with Crippen LogP contribution in [-0.2, 0) is 6.54 Å². The van der Waals surface area contributed by atoms with Gasteiger partial charge in [0.25, 0.3) is 6.33 Å². The molecule has 96 valence electrons. The molecule has 0 aliphatic rings. The van der Waals surface area contributed by atoms with E-state index in [1.807, 2.05) is 58.3 Å². The van der Waals surface area contributed by atoms with Crippen molar-refractivity contribution in [2.75, 3.05) is 0 Å². The van der Waals surface area contributed by atoms with Crippen molar-refractivity contribution in [3.05, 3.63) is 78.9 Å². The summed E-state index contributed by atoms with van der Waals surface area (Å²) in [6.45, 7) is 0.792. The number of para-hydroxylation sites is 1. The van der Waals surface area contributed by atoms with E-state index in [0.29, 0.717) is 0 Å². The molecule has 0 unspecified atom stereocenters. The molecule has 3 nitrogen and oxygen atoms in total. The summed E-state index contributed by atoms with van der Waals surface area (Å²) in [5.41, 5.74) is 2.37. The third-order valence-corrected chi connectivity index (χ3v) is 2.82. The molecule has 4 heteroatoms. The fourth-order valence-electron chi connectivity index (χ4n) is 1.91. The Bertz CT molecular complexity index is 620. The molecule has 0 amide bonds. The lowest BCUT2D eigenvalue weighted by Crippen LogP contribution is -3.00. The van der Waals surface area contributed by atoms with Crippen LogP contribution in [0.3, 0.4) is 0 Å². The highest BCUT2D eigenvalue weighted by atomic mass is 35.5. The fourth-order valence-corrected chi connectivity index (χ4v) is 1.91. The minimum absolute atomic E-state index is 0. The van der Waals surface area contributed by atoms with Crippen LogP contribution < -0.4 is 17.0 Å². The lowest BCUT2D eigenvalue weighted by atomic mass is 10.2. The summed E-state index contributed by atoms with van der Waals surface area (Å²) >= 11 is 0. The number of hydrogen-bond donors (Lipinski definition) is 0. The summed E-state index contributed by atoms with van der Waals surface area (Å²) in [5.74, 6) is 0. The van der Waals surface area contributed by atoms with Gasteiger partial charge in [0, 0.05) is 5.10 Å². The Balaban J connectivity index is 0.00000133. The predicted octanol–water partition coefficient (Wildman–Crippen LogP) is -0.788. The molecule has 0 saturated carbocycles. The van der Waals surface area contributed by atoms with Crippen LogP contribution in [-0.4, -0.2) is 9.78 Å². The maximum absolute atomic E-state index is 4.37. The smallest absolute Gasteiger partial charge is 0.270 e. The molecule has 19 heavy (non-hydrogen) atoms. The van der Waals surface area contributed by atoms with E-state index in [-0.39, 0.29) is 12.4 Å². The van der Waals surface area contributed by atoms with Crippen LogP contribution in [0.25, 0.3) is 5.69 Å². The van der Waals surface area contributed by atoms with Crippen LogP contribution in [0.15, 0.2) is 73.3 Å². The quantitative estimate of drug-likeness (QED) is 0.573. The molecular weight excluding hydrogens is 258 g/mol. The Hall–Kier alpha value is -2.13. The fraction of sp³-hybridized carbons (Fsp3) is 0.0667. The van der Waals surface area contributed by atoms with Gasteiger partial charge in [0.2, 0.25) is 6.33 Å². The largest absolute Gasteiger partial charge is 1.00 e. The molecule has 3 aromatic rings. The average Bonchev–Trinajstić information content (AvgIpc) is 2.89. The molecule has 0 aliphatic carbocycles. The van der Waals surface area contributed by atoms with Gasteiger partial charge in [0.15, 0.2) is 0 Å². The Morgan fingerprint density at radius 1 is 0.895 bits per heavy atom. The van der Waals surface area contributed by atoms with Gasteiger partial charge < -0.3 is 12.4 Å². The van der Waals surface area contributed by atoms with Gasteiger partial charge in [0.1, 0.15) is 12.2 Å². The average molecular weight is 272 g/mol. The van der Waals surface area contributed by atoms with Crippen LogP contribution in [0.5, 0.6) is 0 Å². The lowest BCUT2D eigenvalue weighted by molar-refractivity contribution is -0.596. The van der Waals surface area contributed by atoms with E-state index in [2.05, 4.69) is 29.4 Å². The molecule has 2 aromatic carbocycles. The van der Waals surface area contributed by atoms with Crippen molar-refractivity contribution in [2.24, 2.45) is 0 Å². The number of nitrogens with zero attached hydrogens (tertiary/aromatic N) is 3. The van der Waals surface area contributed by atoms with E-state index < -0.39 is 0 Å². The van der Waals surface area contributed by atoms with Gasteiger partial charge in [-0.15, -0.1) is 4.68 Å². The van der Waals surface area contributed by atoms with Crippen molar-refractivity contribution in [1.29, 1.82) is 0 Å². The summed E-state index contributed by atoms with van der Waals surface area (Å²) in [7, 11) is 0. The van der Waals surface area contributed by atoms with E-state index in [9.17, 15) is 0 Å². The first kappa shape index (κ1) is 13.3. The highest BCUT2D eigenvalue weighted by molar-refractivity contribution is 5.20. The highest BCUT2D eigenvalue weighted by Crippen LogP contribution is 2.01. The van der Waals surface area contributed by atoms with Gasteiger partial charge in [-0.1, -0.05) is 48.5 Å². The summed E-state index contributed by atoms with van der Waals surface area (Å²) in [6, 6.07) is 20.5. The van der Waals surface area contributed by atoms with Crippen LogP contribution in [0.1, 0.15) is 5.56 Å². The monoisotopic (exact) mass is 271 g/mol. The summed E-state index contributed by atoms with van der Waals surface area (Å²) in [6.07, 6.45) is 3.83. The number of hydrogen-bond acceptors (Lipinski definition) is 1. The number of rotatable bonds is 3. The van der Waals surface area contributed by atoms with Crippen molar-refractivity contribution in [3.63, 3.8) is 0 Å². The minimum Gasteiger partial charge on any atom is -1.00 e. The zero-order chi connectivity index (χ0) is 12.2. The maximum atomic E-state index is 4.37. The zero-order valence-electron chi connectivity index (χ0n) is 10.4. The second-order valence-electron chi connectivity index (χ2n) is 4.17. The SMILES string of the molecule is [Cl-].c1ccc(Cn2c[n+](-c3ccccc3)cn2)cc1. The Morgan fingerprint density at radius 2 is 1.53 bits per heavy atom. The molecule has 0 N–H and O–H groups in total. The number of benzene rings is 2. The highest BCUT2D eigenvalue weighted by Gasteiger charge is 2.07. The first-order valence-corrected chi connectivity index (χ1v) is 5.95. The third-order valence-electron chi connectivity index (χ3n) is 2.82. The van der Waals surface area contributed by atoms with Crippen LogP contribution >= 0.6 is 0 Å². The molecule has 1 heterocycles.